The quantitative estimate of drug-likeness (QED) is 0.836. The molecule has 5 heteroatoms. The van der Waals surface area contributed by atoms with Gasteiger partial charge in [-0.1, -0.05) is 42.5 Å². The zero-order valence-electron chi connectivity index (χ0n) is 14.1. The summed E-state index contributed by atoms with van der Waals surface area (Å²) in [5.41, 5.74) is 8.18. The van der Waals surface area contributed by atoms with Crippen molar-refractivity contribution in [3.63, 3.8) is 0 Å². The van der Waals surface area contributed by atoms with Gasteiger partial charge in [0.2, 0.25) is 5.91 Å². The van der Waals surface area contributed by atoms with Crippen molar-refractivity contribution in [3.05, 3.63) is 65.7 Å². The average molecular weight is 349 g/mol. The number of benzene rings is 2. The maximum Gasteiger partial charge on any atom is 0.239 e. The van der Waals surface area contributed by atoms with E-state index in [1.165, 1.54) is 0 Å². The van der Waals surface area contributed by atoms with Crippen LogP contribution in [0.25, 0.3) is 0 Å². The Bertz CT molecular complexity index is 617. The zero-order valence-corrected chi connectivity index (χ0v) is 15.0. The molecule has 0 bridgehead atoms. The molecular weight excluding hydrogens is 324 g/mol. The van der Waals surface area contributed by atoms with E-state index in [0.717, 1.165) is 16.9 Å². The molecule has 1 amide bonds. The Morgan fingerprint density at radius 2 is 1.71 bits per heavy atom. The Balaban J connectivity index is 0.00000288. The van der Waals surface area contributed by atoms with Gasteiger partial charge in [0.05, 0.1) is 12.6 Å². The highest BCUT2D eigenvalue weighted by Gasteiger charge is 2.18. The van der Waals surface area contributed by atoms with Crippen LogP contribution in [-0.2, 0) is 17.8 Å². The number of halogens is 1. The number of carbonyl (C=O) groups excluding carboxylic acids is 1. The second-order valence-electron chi connectivity index (χ2n) is 5.57. The molecule has 0 unspecified atom stereocenters. The number of rotatable bonds is 7. The van der Waals surface area contributed by atoms with E-state index in [4.69, 9.17) is 10.5 Å². The minimum Gasteiger partial charge on any atom is -0.494 e. The summed E-state index contributed by atoms with van der Waals surface area (Å²) in [6.07, 6.45) is 0.549. The van der Waals surface area contributed by atoms with Gasteiger partial charge in [-0.15, -0.1) is 12.4 Å². The molecule has 0 saturated carbocycles. The lowest BCUT2D eigenvalue weighted by Crippen LogP contribution is -2.42. The fourth-order valence-corrected chi connectivity index (χ4v) is 2.45. The second-order valence-corrected chi connectivity index (χ2v) is 5.57. The van der Waals surface area contributed by atoms with Gasteiger partial charge in [0.1, 0.15) is 5.75 Å². The summed E-state index contributed by atoms with van der Waals surface area (Å²) in [7, 11) is 1.78. The van der Waals surface area contributed by atoms with Gasteiger partial charge in [-0.3, -0.25) is 4.79 Å². The molecule has 24 heavy (non-hydrogen) atoms. The summed E-state index contributed by atoms with van der Waals surface area (Å²) in [6.45, 7) is 3.13. The van der Waals surface area contributed by atoms with Crippen LogP contribution >= 0.6 is 12.4 Å². The molecule has 2 N–H and O–H groups in total. The van der Waals surface area contributed by atoms with Crippen LogP contribution in [-0.4, -0.2) is 30.5 Å². The molecule has 2 aromatic carbocycles. The fraction of sp³-hybridized carbons (Fsp3) is 0.316. The molecule has 0 aliphatic heterocycles. The molecule has 4 nitrogen and oxygen atoms in total. The average Bonchev–Trinajstić information content (AvgIpc) is 2.57. The minimum atomic E-state index is -0.523. The maximum atomic E-state index is 12.4. The molecule has 0 radical (unpaired) electrons. The van der Waals surface area contributed by atoms with E-state index in [1.54, 1.807) is 11.9 Å². The monoisotopic (exact) mass is 348 g/mol. The van der Waals surface area contributed by atoms with Crippen molar-refractivity contribution in [1.29, 1.82) is 0 Å². The third-order valence-electron chi connectivity index (χ3n) is 3.65. The normalized spacial score (nSPS) is 11.3. The van der Waals surface area contributed by atoms with Gasteiger partial charge >= 0.3 is 0 Å². The molecule has 0 fully saturated rings. The number of hydrogen-bond donors (Lipinski definition) is 1. The molecule has 0 spiro atoms. The molecule has 1 atom stereocenters. The van der Waals surface area contributed by atoms with Crippen molar-refractivity contribution in [2.24, 2.45) is 5.73 Å². The van der Waals surface area contributed by atoms with Gasteiger partial charge in [0.15, 0.2) is 0 Å². The van der Waals surface area contributed by atoms with Gasteiger partial charge in [-0.25, -0.2) is 0 Å². The Morgan fingerprint density at radius 3 is 2.29 bits per heavy atom. The van der Waals surface area contributed by atoms with Crippen LogP contribution in [0.4, 0.5) is 0 Å². The van der Waals surface area contributed by atoms with Gasteiger partial charge < -0.3 is 15.4 Å². The molecule has 2 rings (SSSR count). The first-order valence-corrected chi connectivity index (χ1v) is 7.86. The Morgan fingerprint density at radius 1 is 1.08 bits per heavy atom. The molecule has 0 heterocycles. The highest BCUT2D eigenvalue weighted by Crippen LogP contribution is 2.14. The number of nitrogens with two attached hydrogens (primary N) is 1. The third kappa shape index (κ3) is 5.87. The van der Waals surface area contributed by atoms with Crippen LogP contribution < -0.4 is 10.5 Å². The number of carbonyl (C=O) groups is 1. The smallest absolute Gasteiger partial charge is 0.239 e. The van der Waals surface area contributed by atoms with Gasteiger partial charge in [0, 0.05) is 13.6 Å². The van der Waals surface area contributed by atoms with E-state index in [1.807, 2.05) is 61.5 Å². The fourth-order valence-electron chi connectivity index (χ4n) is 2.45. The molecular formula is C19H25ClN2O2. The number of hydrogen-bond acceptors (Lipinski definition) is 3. The van der Waals surface area contributed by atoms with E-state index >= 15 is 0 Å². The van der Waals surface area contributed by atoms with Crippen molar-refractivity contribution in [2.75, 3.05) is 13.7 Å². The third-order valence-corrected chi connectivity index (χ3v) is 3.65. The minimum absolute atomic E-state index is 0. The summed E-state index contributed by atoms with van der Waals surface area (Å²) < 4.78 is 5.42. The Kier molecular flexibility index (Phi) is 8.30. The number of likely N-dealkylation sites (N-methyl/N-ethyl adjacent to an activating group) is 1. The van der Waals surface area contributed by atoms with E-state index < -0.39 is 6.04 Å². The number of nitrogens with zero attached hydrogens (tertiary/aromatic N) is 1. The van der Waals surface area contributed by atoms with E-state index in [9.17, 15) is 4.79 Å². The van der Waals surface area contributed by atoms with Crippen LogP contribution in [0.1, 0.15) is 18.1 Å². The molecule has 0 aromatic heterocycles. The van der Waals surface area contributed by atoms with Crippen molar-refractivity contribution < 1.29 is 9.53 Å². The standard InChI is InChI=1S/C19H24N2O2.ClH/c1-3-23-17-11-9-16(10-12-17)14-21(2)19(22)18(20)13-15-7-5-4-6-8-15;/h4-12,18H,3,13-14,20H2,1-2H3;1H/t18-;/m0./s1. The molecule has 130 valence electrons. The predicted octanol–water partition coefficient (Wildman–Crippen LogP) is 3.04. The lowest BCUT2D eigenvalue weighted by atomic mass is 10.1. The summed E-state index contributed by atoms with van der Waals surface area (Å²) in [6, 6.07) is 17.1. The van der Waals surface area contributed by atoms with Crippen molar-refractivity contribution in [2.45, 2.75) is 25.9 Å². The Labute approximate surface area is 150 Å². The maximum absolute atomic E-state index is 12.4. The topological polar surface area (TPSA) is 55.6 Å². The second kappa shape index (κ2) is 9.96. The molecule has 2 aromatic rings. The first kappa shape index (κ1) is 20.0. The number of ether oxygens (including phenoxy) is 1. The zero-order chi connectivity index (χ0) is 16.7. The lowest BCUT2D eigenvalue weighted by molar-refractivity contribution is -0.131. The lowest BCUT2D eigenvalue weighted by Gasteiger charge is -2.21. The van der Waals surface area contributed by atoms with Gasteiger partial charge in [-0.2, -0.15) is 0 Å². The van der Waals surface area contributed by atoms with E-state index in [-0.39, 0.29) is 18.3 Å². The first-order valence-electron chi connectivity index (χ1n) is 7.86. The van der Waals surface area contributed by atoms with Crippen LogP contribution in [0.2, 0.25) is 0 Å². The summed E-state index contributed by atoms with van der Waals surface area (Å²) >= 11 is 0. The largest absolute Gasteiger partial charge is 0.494 e. The molecule has 0 saturated heterocycles. The SMILES string of the molecule is CCOc1ccc(CN(C)C(=O)[C@@H](N)Cc2ccccc2)cc1.Cl. The van der Waals surface area contributed by atoms with Crippen LogP contribution in [0, 0.1) is 0 Å². The van der Waals surface area contributed by atoms with Crippen molar-refractivity contribution in [1.82, 2.24) is 4.90 Å². The van der Waals surface area contributed by atoms with Gasteiger partial charge in [0.25, 0.3) is 0 Å². The van der Waals surface area contributed by atoms with E-state index in [2.05, 4.69) is 0 Å². The van der Waals surface area contributed by atoms with Crippen molar-refractivity contribution >= 4 is 18.3 Å². The Hall–Kier alpha value is -2.04. The predicted molar refractivity (Wildman–Crippen MR) is 99.5 cm³/mol. The first-order chi connectivity index (χ1) is 11.1. The molecule has 0 aliphatic rings. The number of amides is 1. The summed E-state index contributed by atoms with van der Waals surface area (Å²) in [4.78, 5) is 14.1. The highest BCUT2D eigenvalue weighted by atomic mass is 35.5. The van der Waals surface area contributed by atoms with E-state index in [0.29, 0.717) is 19.6 Å². The molecule has 0 aliphatic carbocycles. The van der Waals surface area contributed by atoms with Crippen LogP contribution in [0.15, 0.2) is 54.6 Å². The van der Waals surface area contributed by atoms with Crippen LogP contribution in [0.3, 0.4) is 0 Å². The van der Waals surface area contributed by atoms with Gasteiger partial charge in [-0.05, 0) is 36.6 Å². The van der Waals surface area contributed by atoms with Crippen LogP contribution in [0.5, 0.6) is 5.75 Å². The summed E-state index contributed by atoms with van der Waals surface area (Å²) in [5.74, 6) is 0.786. The van der Waals surface area contributed by atoms with Crippen molar-refractivity contribution in [3.8, 4) is 5.75 Å². The summed E-state index contributed by atoms with van der Waals surface area (Å²) in [5, 5.41) is 0. The highest BCUT2D eigenvalue weighted by molar-refractivity contribution is 5.85.